The molecule has 2 nitrogen and oxygen atoms in total. The molecule has 0 heterocycles. The number of benzene rings is 1. The van der Waals surface area contributed by atoms with Crippen LogP contribution in [0.5, 0.6) is 5.75 Å². The Hall–Kier alpha value is -0.750. The Balaban J connectivity index is 2.05. The topological polar surface area (TPSA) is 21.3 Å². The van der Waals surface area contributed by atoms with Crippen molar-refractivity contribution in [3.8, 4) is 5.75 Å². The molecular weight excluding hydrogens is 347 g/mol. The lowest BCUT2D eigenvalue weighted by Gasteiger charge is -2.33. The normalized spacial score (nSPS) is 23.1. The number of halogens is 4. The lowest BCUT2D eigenvalue weighted by molar-refractivity contribution is -0.189. The number of ether oxygens (including phenoxy) is 1. The van der Waals surface area contributed by atoms with Gasteiger partial charge in [-0.25, -0.2) is 0 Å². The van der Waals surface area contributed by atoms with Gasteiger partial charge in [-0.15, -0.1) is 0 Å². The number of hydrogen-bond acceptors (Lipinski definition) is 2. The molecule has 1 aromatic rings. The summed E-state index contributed by atoms with van der Waals surface area (Å²) in [4.78, 5) is 0. The monoisotopic (exact) mass is 365 g/mol. The molecule has 118 valence electrons. The summed E-state index contributed by atoms with van der Waals surface area (Å²) in [5.74, 6) is -0.561. The minimum Gasteiger partial charge on any atom is -0.496 e. The van der Waals surface area contributed by atoms with Crippen LogP contribution in [0.1, 0.15) is 31.2 Å². The molecular formula is C15H19BrF3NO. The number of nitrogens with one attached hydrogen (secondary N) is 1. The van der Waals surface area contributed by atoms with Gasteiger partial charge in [0.2, 0.25) is 0 Å². The van der Waals surface area contributed by atoms with Gasteiger partial charge < -0.3 is 10.1 Å². The first-order valence-corrected chi connectivity index (χ1v) is 7.83. The van der Waals surface area contributed by atoms with Gasteiger partial charge in [0, 0.05) is 22.6 Å². The summed E-state index contributed by atoms with van der Waals surface area (Å²) in [6.07, 6.45) is -1.83. The van der Waals surface area contributed by atoms with Gasteiger partial charge in [0.05, 0.1) is 13.0 Å². The van der Waals surface area contributed by atoms with E-state index in [2.05, 4.69) is 21.2 Å². The van der Waals surface area contributed by atoms with Crippen LogP contribution in [-0.4, -0.2) is 19.3 Å². The van der Waals surface area contributed by atoms with Crippen LogP contribution in [-0.2, 0) is 6.54 Å². The zero-order valence-corrected chi connectivity index (χ0v) is 13.4. The molecule has 1 saturated carbocycles. The predicted octanol–water partition coefficient (Wildman–Crippen LogP) is 4.67. The highest BCUT2D eigenvalue weighted by molar-refractivity contribution is 9.10. The molecule has 0 saturated heterocycles. The molecule has 1 N–H and O–H groups in total. The van der Waals surface area contributed by atoms with Gasteiger partial charge in [-0.2, -0.15) is 13.2 Å². The molecule has 0 radical (unpaired) electrons. The molecule has 1 fully saturated rings. The maximum Gasteiger partial charge on any atom is 0.393 e. The Labute approximate surface area is 131 Å². The Morgan fingerprint density at radius 3 is 2.67 bits per heavy atom. The lowest BCUT2D eigenvalue weighted by atomic mass is 9.84. The fraction of sp³-hybridized carbons (Fsp3) is 0.600. The fourth-order valence-corrected chi connectivity index (χ4v) is 3.30. The molecule has 0 bridgehead atoms. The number of alkyl halides is 3. The molecule has 0 amide bonds. The second kappa shape index (κ2) is 7.01. The highest BCUT2D eigenvalue weighted by Gasteiger charge is 2.45. The quantitative estimate of drug-likeness (QED) is 0.836. The third-order valence-electron chi connectivity index (χ3n) is 3.98. The molecule has 21 heavy (non-hydrogen) atoms. The van der Waals surface area contributed by atoms with Crippen molar-refractivity contribution in [2.24, 2.45) is 5.92 Å². The molecule has 2 atom stereocenters. The molecule has 6 heteroatoms. The van der Waals surface area contributed by atoms with Crippen LogP contribution in [0.2, 0.25) is 0 Å². The first-order valence-electron chi connectivity index (χ1n) is 7.04. The smallest absolute Gasteiger partial charge is 0.393 e. The standard InChI is InChI=1S/C15H19BrF3NO/c1-21-14-7-6-11(16)8-10(14)9-20-13-5-3-2-4-12(13)15(17,18)19/h6-8,12-13,20H,2-5,9H2,1H3. The predicted molar refractivity (Wildman–Crippen MR) is 79.3 cm³/mol. The summed E-state index contributed by atoms with van der Waals surface area (Å²) in [5, 5.41) is 3.08. The zero-order chi connectivity index (χ0) is 15.5. The van der Waals surface area contributed by atoms with Gasteiger partial charge in [-0.3, -0.25) is 0 Å². The van der Waals surface area contributed by atoms with Crippen molar-refractivity contribution in [1.82, 2.24) is 5.32 Å². The Bertz CT molecular complexity index is 478. The summed E-state index contributed by atoms with van der Waals surface area (Å²) in [7, 11) is 1.56. The van der Waals surface area contributed by atoms with Crippen molar-refractivity contribution in [1.29, 1.82) is 0 Å². The van der Waals surface area contributed by atoms with Gasteiger partial charge in [-0.1, -0.05) is 28.8 Å². The molecule has 1 aromatic carbocycles. The maximum atomic E-state index is 13.1. The Kier molecular flexibility index (Phi) is 5.54. The zero-order valence-electron chi connectivity index (χ0n) is 11.8. The first kappa shape index (κ1) is 16.6. The van der Waals surface area contributed by atoms with Crippen molar-refractivity contribution in [3.63, 3.8) is 0 Å². The van der Waals surface area contributed by atoms with E-state index in [0.717, 1.165) is 16.5 Å². The minimum absolute atomic E-state index is 0.219. The van der Waals surface area contributed by atoms with Crippen molar-refractivity contribution < 1.29 is 17.9 Å². The van der Waals surface area contributed by atoms with E-state index in [1.807, 2.05) is 18.2 Å². The summed E-state index contributed by atoms with van der Waals surface area (Å²) < 4.78 is 45.3. The number of methoxy groups -OCH3 is 1. The summed E-state index contributed by atoms with van der Waals surface area (Å²) >= 11 is 3.37. The van der Waals surface area contributed by atoms with Crippen LogP contribution in [0, 0.1) is 5.92 Å². The largest absolute Gasteiger partial charge is 0.496 e. The fourth-order valence-electron chi connectivity index (χ4n) is 2.89. The van der Waals surface area contributed by atoms with E-state index in [-0.39, 0.29) is 6.42 Å². The van der Waals surface area contributed by atoms with Crippen LogP contribution in [0.15, 0.2) is 22.7 Å². The first-order chi connectivity index (χ1) is 9.91. The molecule has 0 aromatic heterocycles. The molecule has 1 aliphatic rings. The van der Waals surface area contributed by atoms with Crippen LogP contribution in [0.25, 0.3) is 0 Å². The minimum atomic E-state index is -4.13. The van der Waals surface area contributed by atoms with Gasteiger partial charge >= 0.3 is 6.18 Å². The summed E-state index contributed by atoms with van der Waals surface area (Å²) in [6, 6.07) is 5.02. The summed E-state index contributed by atoms with van der Waals surface area (Å²) in [5.41, 5.74) is 0.860. The van der Waals surface area contributed by atoms with Crippen LogP contribution >= 0.6 is 15.9 Å². The van der Waals surface area contributed by atoms with Crippen LogP contribution in [0.3, 0.4) is 0 Å². The SMILES string of the molecule is COc1ccc(Br)cc1CNC1CCCCC1C(F)(F)F. The number of rotatable bonds is 4. The van der Waals surface area contributed by atoms with E-state index in [1.165, 1.54) is 0 Å². The molecule has 0 aliphatic heterocycles. The van der Waals surface area contributed by atoms with Gasteiger partial charge in [-0.05, 0) is 31.0 Å². The third kappa shape index (κ3) is 4.36. The second-order valence-corrected chi connectivity index (χ2v) is 6.29. The van der Waals surface area contributed by atoms with E-state index < -0.39 is 18.1 Å². The average molecular weight is 366 g/mol. The summed E-state index contributed by atoms with van der Waals surface area (Å²) in [6.45, 7) is 0.375. The molecule has 1 aliphatic carbocycles. The van der Waals surface area contributed by atoms with E-state index in [0.29, 0.717) is 25.1 Å². The van der Waals surface area contributed by atoms with Crippen LogP contribution < -0.4 is 10.1 Å². The van der Waals surface area contributed by atoms with E-state index in [4.69, 9.17) is 4.74 Å². The molecule has 0 spiro atoms. The van der Waals surface area contributed by atoms with Crippen molar-refractivity contribution in [2.75, 3.05) is 7.11 Å². The van der Waals surface area contributed by atoms with Gasteiger partial charge in [0.1, 0.15) is 5.75 Å². The van der Waals surface area contributed by atoms with E-state index in [9.17, 15) is 13.2 Å². The Morgan fingerprint density at radius 2 is 2.00 bits per heavy atom. The maximum absolute atomic E-state index is 13.1. The average Bonchev–Trinajstić information content (AvgIpc) is 2.44. The van der Waals surface area contributed by atoms with Crippen LogP contribution in [0.4, 0.5) is 13.2 Å². The second-order valence-electron chi connectivity index (χ2n) is 5.38. The van der Waals surface area contributed by atoms with Gasteiger partial charge in [0.25, 0.3) is 0 Å². The molecule has 2 unspecified atom stereocenters. The highest BCUT2D eigenvalue weighted by Crippen LogP contribution is 2.38. The van der Waals surface area contributed by atoms with Crippen molar-refractivity contribution in [2.45, 2.75) is 44.4 Å². The van der Waals surface area contributed by atoms with E-state index in [1.54, 1.807) is 7.11 Å². The van der Waals surface area contributed by atoms with Crippen molar-refractivity contribution >= 4 is 15.9 Å². The Morgan fingerprint density at radius 1 is 1.29 bits per heavy atom. The molecule has 2 rings (SSSR count). The highest BCUT2D eigenvalue weighted by atomic mass is 79.9. The third-order valence-corrected chi connectivity index (χ3v) is 4.48. The number of hydrogen-bond donors (Lipinski definition) is 1. The lowest BCUT2D eigenvalue weighted by Crippen LogP contribution is -2.45. The van der Waals surface area contributed by atoms with E-state index >= 15 is 0 Å². The van der Waals surface area contributed by atoms with Crippen molar-refractivity contribution in [3.05, 3.63) is 28.2 Å². The van der Waals surface area contributed by atoms with Gasteiger partial charge in [0.15, 0.2) is 0 Å².